The van der Waals surface area contributed by atoms with E-state index in [1.165, 1.54) is 11.3 Å². The van der Waals surface area contributed by atoms with Crippen LogP contribution in [0.25, 0.3) is 0 Å². The Kier molecular flexibility index (Phi) is 4.27. The average molecular weight is 312 g/mol. The van der Waals surface area contributed by atoms with E-state index in [0.717, 1.165) is 30.3 Å². The molecular weight excluding hydrogens is 294 g/mol. The number of rotatable bonds is 4. The minimum atomic E-state index is -0.702. The van der Waals surface area contributed by atoms with Crippen LogP contribution in [0.4, 0.5) is 5.69 Å². The third-order valence-electron chi connectivity index (χ3n) is 3.56. The number of hydrogen-bond donors (Lipinski definition) is 1. The number of nitrogens with zero attached hydrogens (tertiary/aromatic N) is 1. The predicted octanol–water partition coefficient (Wildman–Crippen LogP) is 3.59. The Balaban J connectivity index is 2.10. The largest absolute Gasteiger partial charge is 0.481 e. The van der Waals surface area contributed by atoms with Crippen molar-refractivity contribution in [3.8, 4) is 0 Å². The molecule has 0 aromatic heterocycles. The first-order valence-corrected chi connectivity index (χ1v) is 7.12. The van der Waals surface area contributed by atoms with Crippen molar-refractivity contribution in [1.29, 1.82) is 0 Å². The second-order valence-corrected chi connectivity index (χ2v) is 5.71. The molecule has 0 saturated carbocycles. The highest BCUT2D eigenvalue weighted by molar-refractivity contribution is 9.10. The first kappa shape index (κ1) is 13.4. The standard InChI is InChI=1S/C14H18BrNO2/c1-10-4-5-12(9-13(10)15)16-8-2-3-11(16)6-7-14(17)18/h4-5,9,11H,2-3,6-8H2,1H3,(H,17,18). The van der Waals surface area contributed by atoms with Gasteiger partial charge in [0, 0.05) is 29.2 Å². The zero-order valence-corrected chi connectivity index (χ0v) is 12.1. The molecule has 0 amide bonds. The van der Waals surface area contributed by atoms with Crippen LogP contribution in [0, 0.1) is 6.92 Å². The molecule has 1 aromatic carbocycles. The zero-order chi connectivity index (χ0) is 13.1. The summed E-state index contributed by atoms with van der Waals surface area (Å²) in [5.74, 6) is -0.702. The molecule has 0 spiro atoms. The Labute approximate surface area is 116 Å². The Morgan fingerprint density at radius 3 is 3.00 bits per heavy atom. The lowest BCUT2D eigenvalue weighted by Gasteiger charge is -2.27. The van der Waals surface area contributed by atoms with Gasteiger partial charge in [-0.2, -0.15) is 0 Å². The number of benzene rings is 1. The van der Waals surface area contributed by atoms with Crippen LogP contribution in [0.3, 0.4) is 0 Å². The highest BCUT2D eigenvalue weighted by Crippen LogP contribution is 2.31. The maximum Gasteiger partial charge on any atom is 0.303 e. The van der Waals surface area contributed by atoms with Crippen molar-refractivity contribution >= 4 is 27.6 Å². The Hall–Kier alpha value is -1.03. The van der Waals surface area contributed by atoms with E-state index in [2.05, 4.69) is 46.0 Å². The number of carboxylic acids is 1. The molecule has 1 N–H and O–H groups in total. The zero-order valence-electron chi connectivity index (χ0n) is 10.5. The lowest BCUT2D eigenvalue weighted by molar-refractivity contribution is -0.137. The monoisotopic (exact) mass is 311 g/mol. The summed E-state index contributed by atoms with van der Waals surface area (Å²) >= 11 is 3.55. The highest BCUT2D eigenvalue weighted by Gasteiger charge is 2.25. The Morgan fingerprint density at radius 2 is 2.33 bits per heavy atom. The summed E-state index contributed by atoms with van der Waals surface area (Å²) in [6.45, 7) is 3.10. The fraction of sp³-hybridized carbons (Fsp3) is 0.500. The van der Waals surface area contributed by atoms with E-state index in [1.54, 1.807) is 0 Å². The van der Waals surface area contributed by atoms with E-state index < -0.39 is 5.97 Å². The minimum Gasteiger partial charge on any atom is -0.481 e. The minimum absolute atomic E-state index is 0.258. The molecular formula is C14H18BrNO2. The predicted molar refractivity (Wildman–Crippen MR) is 76.1 cm³/mol. The van der Waals surface area contributed by atoms with Crippen LogP contribution < -0.4 is 4.90 Å². The van der Waals surface area contributed by atoms with Gasteiger partial charge in [-0.1, -0.05) is 22.0 Å². The van der Waals surface area contributed by atoms with Gasteiger partial charge in [0.25, 0.3) is 0 Å². The van der Waals surface area contributed by atoms with Gasteiger partial charge in [0.15, 0.2) is 0 Å². The van der Waals surface area contributed by atoms with Gasteiger partial charge in [-0.15, -0.1) is 0 Å². The van der Waals surface area contributed by atoms with E-state index in [-0.39, 0.29) is 6.42 Å². The second kappa shape index (κ2) is 5.74. The molecule has 1 fully saturated rings. The van der Waals surface area contributed by atoms with Crippen LogP contribution in [-0.4, -0.2) is 23.7 Å². The molecule has 1 aliphatic rings. The van der Waals surface area contributed by atoms with E-state index in [4.69, 9.17) is 5.11 Å². The van der Waals surface area contributed by atoms with E-state index in [9.17, 15) is 4.79 Å². The summed E-state index contributed by atoms with van der Waals surface area (Å²) in [4.78, 5) is 13.0. The van der Waals surface area contributed by atoms with Crippen LogP contribution in [-0.2, 0) is 4.79 Å². The van der Waals surface area contributed by atoms with Crippen LogP contribution in [0.1, 0.15) is 31.2 Å². The normalized spacial score (nSPS) is 19.2. The lowest BCUT2D eigenvalue weighted by atomic mass is 10.1. The van der Waals surface area contributed by atoms with Crippen molar-refractivity contribution in [3.05, 3.63) is 28.2 Å². The number of carboxylic acid groups (broad SMARTS) is 1. The smallest absolute Gasteiger partial charge is 0.303 e. The molecule has 3 nitrogen and oxygen atoms in total. The fourth-order valence-corrected chi connectivity index (χ4v) is 2.89. The number of carbonyl (C=O) groups is 1. The first-order chi connectivity index (χ1) is 8.58. The SMILES string of the molecule is Cc1ccc(N2CCCC2CCC(=O)O)cc1Br. The summed E-state index contributed by atoms with van der Waals surface area (Å²) < 4.78 is 1.11. The maximum atomic E-state index is 10.7. The molecule has 98 valence electrons. The van der Waals surface area contributed by atoms with Crippen molar-refractivity contribution in [2.75, 3.05) is 11.4 Å². The Morgan fingerprint density at radius 1 is 1.56 bits per heavy atom. The quantitative estimate of drug-likeness (QED) is 0.923. The summed E-state index contributed by atoms with van der Waals surface area (Å²) in [5.41, 5.74) is 2.42. The van der Waals surface area contributed by atoms with Crippen molar-refractivity contribution in [1.82, 2.24) is 0 Å². The topological polar surface area (TPSA) is 40.5 Å². The molecule has 4 heteroatoms. The highest BCUT2D eigenvalue weighted by atomic mass is 79.9. The molecule has 1 saturated heterocycles. The van der Waals surface area contributed by atoms with E-state index >= 15 is 0 Å². The van der Waals surface area contributed by atoms with Crippen LogP contribution in [0.5, 0.6) is 0 Å². The van der Waals surface area contributed by atoms with Gasteiger partial charge in [-0.3, -0.25) is 4.79 Å². The van der Waals surface area contributed by atoms with Crippen LogP contribution in [0.2, 0.25) is 0 Å². The third-order valence-corrected chi connectivity index (χ3v) is 4.41. The van der Waals surface area contributed by atoms with Gasteiger partial charge in [0.05, 0.1) is 0 Å². The molecule has 2 rings (SSSR count). The number of halogens is 1. The number of aryl methyl sites for hydroxylation is 1. The van der Waals surface area contributed by atoms with Gasteiger partial charge in [0.2, 0.25) is 0 Å². The van der Waals surface area contributed by atoms with Crippen LogP contribution >= 0.6 is 15.9 Å². The molecule has 1 unspecified atom stereocenters. The summed E-state index contributed by atoms with van der Waals surface area (Å²) in [7, 11) is 0. The molecule has 0 aliphatic carbocycles. The van der Waals surface area contributed by atoms with Gasteiger partial charge < -0.3 is 10.0 Å². The summed E-state index contributed by atoms with van der Waals surface area (Å²) in [5, 5.41) is 8.79. The van der Waals surface area contributed by atoms with Crippen LogP contribution in [0.15, 0.2) is 22.7 Å². The number of hydrogen-bond acceptors (Lipinski definition) is 2. The van der Waals surface area contributed by atoms with E-state index in [1.807, 2.05) is 0 Å². The summed E-state index contributed by atoms with van der Waals surface area (Å²) in [6.07, 6.45) is 3.24. The summed E-state index contributed by atoms with van der Waals surface area (Å²) in [6, 6.07) is 6.73. The molecule has 0 bridgehead atoms. The molecule has 1 aliphatic heterocycles. The molecule has 1 atom stereocenters. The lowest BCUT2D eigenvalue weighted by Crippen LogP contribution is -2.29. The third kappa shape index (κ3) is 3.05. The molecule has 1 aromatic rings. The molecule has 1 heterocycles. The maximum absolute atomic E-state index is 10.7. The second-order valence-electron chi connectivity index (χ2n) is 4.86. The molecule has 0 radical (unpaired) electrons. The van der Waals surface area contributed by atoms with Crippen molar-refractivity contribution in [2.45, 2.75) is 38.6 Å². The number of aliphatic carboxylic acids is 1. The Bertz CT molecular complexity index is 447. The van der Waals surface area contributed by atoms with Crippen molar-refractivity contribution < 1.29 is 9.90 Å². The first-order valence-electron chi connectivity index (χ1n) is 6.32. The molecule has 18 heavy (non-hydrogen) atoms. The van der Waals surface area contributed by atoms with Gasteiger partial charge in [-0.05, 0) is 43.9 Å². The fourth-order valence-electron chi connectivity index (χ4n) is 2.53. The average Bonchev–Trinajstić information content (AvgIpc) is 2.78. The van der Waals surface area contributed by atoms with Crippen molar-refractivity contribution in [3.63, 3.8) is 0 Å². The van der Waals surface area contributed by atoms with Gasteiger partial charge in [-0.25, -0.2) is 0 Å². The van der Waals surface area contributed by atoms with E-state index in [0.29, 0.717) is 6.04 Å². The van der Waals surface area contributed by atoms with Gasteiger partial charge >= 0.3 is 5.97 Å². The number of anilines is 1. The van der Waals surface area contributed by atoms with Gasteiger partial charge in [0.1, 0.15) is 0 Å². The van der Waals surface area contributed by atoms with Crippen molar-refractivity contribution in [2.24, 2.45) is 0 Å².